The maximum Gasteiger partial charge on any atom is 0.280 e. The number of aromatic nitrogens is 6. The Bertz CT molecular complexity index is 1410. The van der Waals surface area contributed by atoms with Crippen LogP contribution in [0.3, 0.4) is 0 Å². The normalized spacial score (nSPS) is 10.8. The minimum Gasteiger partial charge on any atom is -0.383 e. The first kappa shape index (κ1) is 20.5. The van der Waals surface area contributed by atoms with Gasteiger partial charge in [0.15, 0.2) is 11.5 Å². The lowest BCUT2D eigenvalue weighted by Crippen LogP contribution is -2.24. The van der Waals surface area contributed by atoms with Crippen molar-refractivity contribution in [2.24, 2.45) is 5.73 Å². The number of hydrogen-bond acceptors (Lipinski definition) is 9. The van der Waals surface area contributed by atoms with Gasteiger partial charge in [0.2, 0.25) is 0 Å². The van der Waals surface area contributed by atoms with Crippen molar-refractivity contribution in [3.05, 3.63) is 64.6 Å². The van der Waals surface area contributed by atoms with Crippen LogP contribution in [-0.4, -0.2) is 59.9 Å². The number of nitrogens with one attached hydrogen (secondary N) is 1. The van der Waals surface area contributed by atoms with Gasteiger partial charge in [-0.3, -0.25) is 19.0 Å². The number of nitrogens with zero attached hydrogens (tertiary/aromatic N) is 7. The number of nitrogen functional groups attached to an aromatic ring is 1. The van der Waals surface area contributed by atoms with Crippen molar-refractivity contribution in [1.82, 2.24) is 34.0 Å². The van der Waals surface area contributed by atoms with Crippen molar-refractivity contribution in [1.29, 1.82) is 0 Å². The topological polar surface area (TPSA) is 179 Å². The zero-order valence-electron chi connectivity index (χ0n) is 17.1. The number of primary amides is 1. The summed E-state index contributed by atoms with van der Waals surface area (Å²) >= 11 is 0. The zero-order valence-corrected chi connectivity index (χ0v) is 17.1. The predicted octanol–water partition coefficient (Wildman–Crippen LogP) is -0.203. The van der Waals surface area contributed by atoms with Gasteiger partial charge in [0.1, 0.15) is 28.6 Å². The molecule has 13 heteroatoms. The highest BCUT2D eigenvalue weighted by molar-refractivity contribution is 5.98. The average molecular weight is 434 g/mol. The summed E-state index contributed by atoms with van der Waals surface area (Å²) in [5.41, 5.74) is 11.4. The van der Waals surface area contributed by atoms with Crippen LogP contribution in [0.2, 0.25) is 0 Å². The van der Waals surface area contributed by atoms with E-state index in [0.717, 1.165) is 0 Å². The fraction of sp³-hybridized carbons (Fsp3) is 0.105. The van der Waals surface area contributed by atoms with Crippen molar-refractivity contribution in [2.75, 3.05) is 25.1 Å². The Balaban J connectivity index is 1.69. The van der Waals surface area contributed by atoms with E-state index in [-0.39, 0.29) is 46.0 Å². The molecule has 0 unspecified atom stereocenters. The van der Waals surface area contributed by atoms with E-state index in [4.69, 9.17) is 11.5 Å². The van der Waals surface area contributed by atoms with Crippen molar-refractivity contribution in [3.63, 3.8) is 0 Å². The SMILES string of the molecule is CN(C)C(=O)c1cnc(-n2cccc(Nc3cc(N)n4ncc(C(N)=O)c4n3)c2=O)cn1. The summed E-state index contributed by atoms with van der Waals surface area (Å²) in [5, 5.41) is 6.87. The van der Waals surface area contributed by atoms with E-state index in [1.807, 2.05) is 0 Å². The molecule has 0 saturated carbocycles. The number of rotatable bonds is 5. The van der Waals surface area contributed by atoms with Crippen LogP contribution in [0.25, 0.3) is 11.5 Å². The van der Waals surface area contributed by atoms with Crippen molar-refractivity contribution < 1.29 is 9.59 Å². The molecular weight excluding hydrogens is 416 g/mol. The van der Waals surface area contributed by atoms with Crippen LogP contribution < -0.4 is 22.3 Å². The van der Waals surface area contributed by atoms with E-state index in [1.165, 1.54) is 44.8 Å². The van der Waals surface area contributed by atoms with Gasteiger partial charge >= 0.3 is 0 Å². The molecule has 4 heterocycles. The Morgan fingerprint density at radius 3 is 2.59 bits per heavy atom. The van der Waals surface area contributed by atoms with E-state index in [9.17, 15) is 14.4 Å². The van der Waals surface area contributed by atoms with Crippen molar-refractivity contribution >= 4 is 34.8 Å². The fourth-order valence-corrected chi connectivity index (χ4v) is 2.92. The maximum atomic E-state index is 13.0. The molecule has 0 bridgehead atoms. The maximum absolute atomic E-state index is 13.0. The van der Waals surface area contributed by atoms with Gasteiger partial charge in [-0.1, -0.05) is 0 Å². The second-order valence-corrected chi connectivity index (χ2v) is 6.91. The summed E-state index contributed by atoms with van der Waals surface area (Å²) in [4.78, 5) is 50.5. The molecule has 162 valence electrons. The molecule has 0 atom stereocenters. The summed E-state index contributed by atoms with van der Waals surface area (Å²) in [6.45, 7) is 0. The van der Waals surface area contributed by atoms with Crippen LogP contribution in [-0.2, 0) is 0 Å². The molecule has 5 N–H and O–H groups in total. The third-order valence-corrected chi connectivity index (χ3v) is 4.49. The number of pyridine rings is 1. The monoisotopic (exact) mass is 434 g/mol. The lowest BCUT2D eigenvalue weighted by atomic mass is 10.3. The van der Waals surface area contributed by atoms with Crippen LogP contribution in [0.4, 0.5) is 17.3 Å². The Labute approximate surface area is 180 Å². The molecule has 0 radical (unpaired) electrons. The van der Waals surface area contributed by atoms with E-state index < -0.39 is 11.5 Å². The minimum absolute atomic E-state index is 0.0912. The van der Waals surface area contributed by atoms with Crippen molar-refractivity contribution in [3.8, 4) is 5.82 Å². The molecule has 32 heavy (non-hydrogen) atoms. The first-order valence-electron chi connectivity index (χ1n) is 9.23. The largest absolute Gasteiger partial charge is 0.383 e. The van der Waals surface area contributed by atoms with Crippen LogP contribution in [0.1, 0.15) is 20.8 Å². The first-order chi connectivity index (χ1) is 15.3. The average Bonchev–Trinajstić information content (AvgIpc) is 3.20. The third kappa shape index (κ3) is 3.58. The number of hydrogen-bond donors (Lipinski definition) is 3. The van der Waals surface area contributed by atoms with Crippen molar-refractivity contribution in [2.45, 2.75) is 0 Å². The molecular formula is C19H18N10O3. The summed E-state index contributed by atoms with van der Waals surface area (Å²) < 4.78 is 2.52. The molecule has 0 aromatic carbocycles. The first-order valence-corrected chi connectivity index (χ1v) is 9.23. The Morgan fingerprint density at radius 2 is 1.94 bits per heavy atom. The number of carbonyl (C=O) groups excluding carboxylic acids is 2. The minimum atomic E-state index is -0.708. The summed E-state index contributed by atoms with van der Waals surface area (Å²) in [7, 11) is 3.21. The standard InChI is InChI=1S/C19H18N10O3/c1-27(2)18(31)12-8-23-15(9-22-12)28-5-3-4-11(19(28)32)25-14-6-13(20)29-17(26-14)10(7-24-29)16(21)30/h3-9H,20H2,1-2H3,(H2,21,30)(H,25,26). The summed E-state index contributed by atoms with van der Waals surface area (Å²) in [5.74, 6) is -0.384. The molecule has 4 aromatic heterocycles. The molecule has 4 aromatic rings. The molecule has 0 spiro atoms. The van der Waals surface area contributed by atoms with E-state index in [2.05, 4.69) is 25.4 Å². The zero-order chi connectivity index (χ0) is 23.0. The number of nitrogens with two attached hydrogens (primary N) is 2. The number of carbonyl (C=O) groups is 2. The van der Waals surface area contributed by atoms with Crippen LogP contribution in [0.15, 0.2) is 47.8 Å². The second kappa shape index (κ2) is 7.79. The molecule has 0 aliphatic carbocycles. The second-order valence-electron chi connectivity index (χ2n) is 6.91. The fourth-order valence-electron chi connectivity index (χ4n) is 2.92. The number of anilines is 3. The molecule has 4 rings (SSSR count). The van der Waals surface area contributed by atoms with Gasteiger partial charge in [-0.05, 0) is 12.1 Å². The van der Waals surface area contributed by atoms with Gasteiger partial charge in [0.05, 0.1) is 18.6 Å². The Morgan fingerprint density at radius 1 is 1.16 bits per heavy atom. The molecule has 0 fully saturated rings. The Kier molecular flexibility index (Phi) is 4.98. The highest BCUT2D eigenvalue weighted by atomic mass is 16.2. The Hall–Kier alpha value is -4.81. The van der Waals surface area contributed by atoms with Gasteiger partial charge in [-0.25, -0.2) is 15.0 Å². The molecule has 0 saturated heterocycles. The summed E-state index contributed by atoms with van der Waals surface area (Å²) in [6.07, 6.45) is 5.41. The quantitative estimate of drug-likeness (QED) is 0.383. The molecule has 0 aliphatic rings. The van der Waals surface area contributed by atoms with E-state index in [1.54, 1.807) is 26.2 Å². The highest BCUT2D eigenvalue weighted by Crippen LogP contribution is 2.19. The summed E-state index contributed by atoms with van der Waals surface area (Å²) in [6, 6.07) is 4.63. The van der Waals surface area contributed by atoms with E-state index in [0.29, 0.717) is 0 Å². The van der Waals surface area contributed by atoms with Crippen LogP contribution >= 0.6 is 0 Å². The van der Waals surface area contributed by atoms with Gasteiger partial charge in [0.25, 0.3) is 17.4 Å². The number of amides is 2. The van der Waals surface area contributed by atoms with Crippen LogP contribution in [0.5, 0.6) is 0 Å². The third-order valence-electron chi connectivity index (χ3n) is 4.49. The molecule has 2 amide bonds. The van der Waals surface area contributed by atoms with Gasteiger partial charge < -0.3 is 21.7 Å². The highest BCUT2D eigenvalue weighted by Gasteiger charge is 2.15. The lowest BCUT2D eigenvalue weighted by Gasteiger charge is -2.11. The molecule has 0 aliphatic heterocycles. The smallest absolute Gasteiger partial charge is 0.280 e. The molecule has 13 nitrogen and oxygen atoms in total. The van der Waals surface area contributed by atoms with Crippen LogP contribution in [0, 0.1) is 0 Å². The predicted molar refractivity (Wildman–Crippen MR) is 115 cm³/mol. The number of fused-ring (bicyclic) bond motifs is 1. The van der Waals surface area contributed by atoms with E-state index >= 15 is 0 Å². The lowest BCUT2D eigenvalue weighted by molar-refractivity contribution is 0.0821. The van der Waals surface area contributed by atoms with Gasteiger partial charge in [-0.15, -0.1) is 0 Å². The van der Waals surface area contributed by atoms with Gasteiger partial charge in [0, 0.05) is 26.4 Å². The van der Waals surface area contributed by atoms with Gasteiger partial charge in [-0.2, -0.15) is 9.61 Å².